The number of thioether (sulfide) groups is 1. The number of phenolic OH excluding ortho intramolecular Hbond substituents is 1. The molecule has 9 heteroatoms. The second-order valence-electron chi connectivity index (χ2n) is 5.13. The van der Waals surface area contributed by atoms with Crippen LogP contribution in [0.1, 0.15) is 11.1 Å². The molecule has 0 atom stereocenters. The molecule has 1 saturated heterocycles. The van der Waals surface area contributed by atoms with Crippen LogP contribution in [0.15, 0.2) is 47.6 Å². The van der Waals surface area contributed by atoms with Crippen molar-refractivity contribution < 1.29 is 14.8 Å². The number of thiocarbonyl (C=S) groups is 1. The van der Waals surface area contributed by atoms with Crippen molar-refractivity contribution in [2.24, 2.45) is 0 Å². The minimum atomic E-state index is -0.680. The predicted molar refractivity (Wildman–Crippen MR) is 97.7 cm³/mol. The maximum atomic E-state index is 12.6. The number of benzene rings is 1. The number of aromatic hydroxyl groups is 1. The largest absolute Gasteiger partial charge is 0.502 e. The van der Waals surface area contributed by atoms with E-state index >= 15 is 0 Å². The highest BCUT2D eigenvalue weighted by Gasteiger charge is 2.32. The lowest BCUT2D eigenvalue weighted by molar-refractivity contribution is -0.385. The Kier molecular flexibility index (Phi) is 4.77. The van der Waals surface area contributed by atoms with Gasteiger partial charge >= 0.3 is 5.69 Å². The molecule has 0 saturated carbocycles. The van der Waals surface area contributed by atoms with Gasteiger partial charge in [-0.05, 0) is 29.3 Å². The van der Waals surface area contributed by atoms with Crippen molar-refractivity contribution in [3.05, 3.63) is 68.9 Å². The van der Waals surface area contributed by atoms with Gasteiger partial charge in [-0.1, -0.05) is 36.1 Å². The normalized spacial score (nSPS) is 15.8. The Balaban J connectivity index is 1.85. The number of nitro groups is 1. The molecule has 2 heterocycles. The molecule has 7 nitrogen and oxygen atoms in total. The fourth-order valence-electron chi connectivity index (χ4n) is 2.24. The van der Waals surface area contributed by atoms with Crippen LogP contribution in [0, 0.1) is 10.1 Å². The molecule has 1 aliphatic rings. The Hall–Kier alpha value is -2.78. The molecule has 2 aromatic rings. The number of carbonyl (C=O) groups excluding carboxylic acids is 1. The van der Waals surface area contributed by atoms with E-state index in [2.05, 4.69) is 4.98 Å². The average Bonchev–Trinajstić information content (AvgIpc) is 2.85. The summed E-state index contributed by atoms with van der Waals surface area (Å²) >= 11 is 6.39. The summed E-state index contributed by atoms with van der Waals surface area (Å²) < 4.78 is 0.411. The first-order chi connectivity index (χ1) is 12.0. The standard InChI is InChI=1S/C16H11N3O4S2/c20-13-4-3-10(6-12(13)19(22)23)7-14-15(21)18(16(24)25-14)9-11-2-1-5-17-8-11/h1-8,20H,9H2. The number of amides is 1. The molecule has 1 aliphatic heterocycles. The number of rotatable bonds is 4. The molecule has 1 N–H and O–H groups in total. The summed E-state index contributed by atoms with van der Waals surface area (Å²) in [5.74, 6) is -0.694. The van der Waals surface area contributed by atoms with Gasteiger partial charge in [-0.3, -0.25) is 24.8 Å². The molecule has 1 aromatic heterocycles. The number of nitro benzene ring substituents is 1. The van der Waals surface area contributed by atoms with Gasteiger partial charge in [-0.2, -0.15) is 0 Å². The Morgan fingerprint density at radius 2 is 2.20 bits per heavy atom. The van der Waals surface area contributed by atoms with E-state index in [0.717, 1.165) is 17.3 Å². The molecule has 1 amide bonds. The van der Waals surface area contributed by atoms with Crippen molar-refractivity contribution in [2.45, 2.75) is 6.54 Å². The Morgan fingerprint density at radius 1 is 1.40 bits per heavy atom. The van der Waals surface area contributed by atoms with Gasteiger partial charge in [0.2, 0.25) is 0 Å². The quantitative estimate of drug-likeness (QED) is 0.381. The summed E-state index contributed by atoms with van der Waals surface area (Å²) in [6.07, 6.45) is 4.83. The maximum Gasteiger partial charge on any atom is 0.311 e. The Labute approximate surface area is 152 Å². The summed E-state index contributed by atoms with van der Waals surface area (Å²) in [5, 5.41) is 20.4. The zero-order valence-electron chi connectivity index (χ0n) is 12.7. The Morgan fingerprint density at radius 3 is 2.88 bits per heavy atom. The number of carbonyl (C=O) groups is 1. The van der Waals surface area contributed by atoms with Gasteiger partial charge in [0.05, 0.1) is 16.4 Å². The minimum absolute atomic E-state index is 0.269. The lowest BCUT2D eigenvalue weighted by atomic mass is 10.1. The molecule has 1 aromatic carbocycles. The molecule has 3 rings (SSSR count). The van der Waals surface area contributed by atoms with Crippen LogP contribution in [0.4, 0.5) is 5.69 Å². The first-order valence-electron chi connectivity index (χ1n) is 7.07. The van der Waals surface area contributed by atoms with E-state index in [1.165, 1.54) is 29.2 Å². The predicted octanol–water partition coefficient (Wildman–Crippen LogP) is 3.10. The van der Waals surface area contributed by atoms with Gasteiger partial charge in [0, 0.05) is 18.5 Å². The van der Waals surface area contributed by atoms with Crippen LogP contribution in [0.25, 0.3) is 6.08 Å². The minimum Gasteiger partial charge on any atom is -0.502 e. The second-order valence-corrected chi connectivity index (χ2v) is 6.81. The first-order valence-corrected chi connectivity index (χ1v) is 8.30. The highest BCUT2D eigenvalue weighted by molar-refractivity contribution is 8.26. The third-order valence-corrected chi connectivity index (χ3v) is 4.81. The summed E-state index contributed by atoms with van der Waals surface area (Å²) in [5.41, 5.74) is 0.867. The number of hydrogen-bond donors (Lipinski definition) is 1. The number of nitrogens with zero attached hydrogens (tertiary/aromatic N) is 3. The average molecular weight is 373 g/mol. The van der Waals surface area contributed by atoms with Crippen molar-refractivity contribution in [1.29, 1.82) is 0 Å². The van der Waals surface area contributed by atoms with Crippen molar-refractivity contribution in [2.75, 3.05) is 0 Å². The molecule has 25 heavy (non-hydrogen) atoms. The molecular weight excluding hydrogens is 362 g/mol. The smallest absolute Gasteiger partial charge is 0.311 e. The van der Waals surface area contributed by atoms with E-state index in [1.54, 1.807) is 18.5 Å². The fourth-order valence-corrected chi connectivity index (χ4v) is 3.49. The monoisotopic (exact) mass is 373 g/mol. The summed E-state index contributed by atoms with van der Waals surface area (Å²) in [4.78, 5) is 28.6. The molecule has 0 radical (unpaired) electrons. The highest BCUT2D eigenvalue weighted by Crippen LogP contribution is 2.35. The van der Waals surface area contributed by atoms with E-state index in [1.807, 2.05) is 6.07 Å². The summed E-state index contributed by atoms with van der Waals surface area (Å²) in [7, 11) is 0. The zero-order valence-corrected chi connectivity index (χ0v) is 14.3. The van der Waals surface area contributed by atoms with E-state index in [-0.39, 0.29) is 5.91 Å². The molecule has 0 bridgehead atoms. The first kappa shape index (κ1) is 17.1. The maximum absolute atomic E-state index is 12.6. The van der Waals surface area contributed by atoms with Gasteiger partial charge in [0.1, 0.15) is 4.32 Å². The van der Waals surface area contributed by atoms with Crippen LogP contribution < -0.4 is 0 Å². The van der Waals surface area contributed by atoms with Crippen molar-refractivity contribution in [3.63, 3.8) is 0 Å². The van der Waals surface area contributed by atoms with E-state index in [9.17, 15) is 20.0 Å². The van der Waals surface area contributed by atoms with Crippen LogP contribution in [0.5, 0.6) is 5.75 Å². The molecule has 0 spiro atoms. The van der Waals surface area contributed by atoms with E-state index in [0.29, 0.717) is 21.3 Å². The van der Waals surface area contributed by atoms with Crippen LogP contribution >= 0.6 is 24.0 Å². The third-order valence-electron chi connectivity index (χ3n) is 3.43. The highest BCUT2D eigenvalue weighted by atomic mass is 32.2. The molecular formula is C16H11N3O4S2. The van der Waals surface area contributed by atoms with Gasteiger partial charge in [-0.15, -0.1) is 0 Å². The number of aromatic nitrogens is 1. The molecule has 0 aliphatic carbocycles. The summed E-state index contributed by atoms with van der Waals surface area (Å²) in [6, 6.07) is 7.55. The lowest BCUT2D eigenvalue weighted by Crippen LogP contribution is -2.27. The second kappa shape index (κ2) is 6.99. The van der Waals surface area contributed by atoms with Crippen molar-refractivity contribution in [1.82, 2.24) is 9.88 Å². The fraction of sp³-hybridized carbons (Fsp3) is 0.0625. The molecule has 1 fully saturated rings. The van der Waals surface area contributed by atoms with Gasteiger partial charge in [0.25, 0.3) is 5.91 Å². The van der Waals surface area contributed by atoms with Crippen molar-refractivity contribution in [3.8, 4) is 5.75 Å². The topological polar surface area (TPSA) is 96.6 Å². The lowest BCUT2D eigenvalue weighted by Gasteiger charge is -2.13. The zero-order chi connectivity index (χ0) is 18.0. The van der Waals surface area contributed by atoms with Crippen LogP contribution in [0.3, 0.4) is 0 Å². The van der Waals surface area contributed by atoms with Crippen LogP contribution in [-0.4, -0.2) is 30.1 Å². The molecule has 126 valence electrons. The number of phenols is 1. The van der Waals surface area contributed by atoms with Crippen LogP contribution in [0.2, 0.25) is 0 Å². The van der Waals surface area contributed by atoms with Gasteiger partial charge < -0.3 is 5.11 Å². The summed E-state index contributed by atoms with van der Waals surface area (Å²) in [6.45, 7) is 0.311. The SMILES string of the molecule is O=C1C(=Cc2ccc(O)c([N+](=O)[O-])c2)SC(=S)N1Cc1cccnc1. The van der Waals surface area contributed by atoms with Gasteiger partial charge in [-0.25, -0.2) is 0 Å². The van der Waals surface area contributed by atoms with Crippen molar-refractivity contribution >= 4 is 46.0 Å². The number of pyridine rings is 1. The van der Waals surface area contributed by atoms with E-state index in [4.69, 9.17) is 12.2 Å². The van der Waals surface area contributed by atoms with Gasteiger partial charge in [0.15, 0.2) is 5.75 Å². The third kappa shape index (κ3) is 3.67. The number of hydrogen-bond acceptors (Lipinski definition) is 7. The van der Waals surface area contributed by atoms with E-state index < -0.39 is 16.4 Å². The Bertz CT molecular complexity index is 900. The van der Waals surface area contributed by atoms with Crippen LogP contribution in [-0.2, 0) is 11.3 Å². The molecule has 0 unspecified atom stereocenters.